The molecule has 0 fully saturated rings. The number of thiophene rings is 1. The molecule has 13 rings (SSSR count). The lowest BCUT2D eigenvalue weighted by Crippen LogP contribution is -2.02. The summed E-state index contributed by atoms with van der Waals surface area (Å²) in [6, 6.07) is 72.7. The van der Waals surface area contributed by atoms with E-state index in [9.17, 15) is 0 Å². The molecule has 63 heavy (non-hydrogen) atoms. The molecule has 0 saturated carbocycles. The molecule has 0 N–H and O–H groups in total. The molecule has 13 aromatic rings. The summed E-state index contributed by atoms with van der Waals surface area (Å²) in [7, 11) is 0. The van der Waals surface area contributed by atoms with Crippen molar-refractivity contribution in [2.45, 2.75) is 0 Å². The Morgan fingerprint density at radius 1 is 0.349 bits per heavy atom. The maximum atomic E-state index is 6.29. The lowest BCUT2D eigenvalue weighted by Gasteiger charge is -2.15. The summed E-state index contributed by atoms with van der Waals surface area (Å²) >= 11 is 1.85. The van der Waals surface area contributed by atoms with E-state index >= 15 is 0 Å². The number of hydrogen-bond donors (Lipinski definition) is 0. The molecule has 0 bridgehead atoms. The first-order valence-electron chi connectivity index (χ1n) is 21.1. The van der Waals surface area contributed by atoms with E-state index in [1.165, 1.54) is 36.5 Å². The average Bonchev–Trinajstić information content (AvgIpc) is 4.04. The van der Waals surface area contributed by atoms with E-state index in [4.69, 9.17) is 19.4 Å². The van der Waals surface area contributed by atoms with Gasteiger partial charge >= 0.3 is 0 Å². The fourth-order valence-electron chi connectivity index (χ4n) is 9.23. The summed E-state index contributed by atoms with van der Waals surface area (Å²) < 4.78 is 11.3. The minimum absolute atomic E-state index is 0.594. The SMILES string of the molecule is c1ccc(-c2ccc(-c3nc(-c4ccccc4)nc(-c4cc(-c5ccc6oc7ccccc7c6c5)cc(-n5c6ccccc6c6ccc7c8ccccc8sc7c65)c4)n3)cc2)cc1. The van der Waals surface area contributed by atoms with Crippen LogP contribution in [0.2, 0.25) is 0 Å². The minimum atomic E-state index is 0.594. The smallest absolute Gasteiger partial charge is 0.164 e. The van der Waals surface area contributed by atoms with Crippen LogP contribution in [0.25, 0.3) is 126 Å². The lowest BCUT2D eigenvalue weighted by atomic mass is 9.99. The third kappa shape index (κ3) is 5.87. The second-order valence-electron chi connectivity index (χ2n) is 16.0. The van der Waals surface area contributed by atoms with E-state index in [2.05, 4.69) is 174 Å². The van der Waals surface area contributed by atoms with Crippen molar-refractivity contribution in [2.24, 2.45) is 0 Å². The van der Waals surface area contributed by atoms with Crippen molar-refractivity contribution in [1.29, 1.82) is 0 Å². The number of hydrogen-bond acceptors (Lipinski definition) is 5. The Morgan fingerprint density at radius 3 is 1.70 bits per heavy atom. The topological polar surface area (TPSA) is 56.7 Å². The highest BCUT2D eigenvalue weighted by Gasteiger charge is 2.21. The first kappa shape index (κ1) is 35.6. The molecule has 0 spiro atoms. The second-order valence-corrected chi connectivity index (χ2v) is 17.0. The number of rotatable bonds is 6. The average molecular weight is 823 g/mol. The van der Waals surface area contributed by atoms with Gasteiger partial charge in [0.2, 0.25) is 0 Å². The molecular formula is C57H34N4OS. The molecule has 0 aliphatic heterocycles. The van der Waals surface area contributed by atoms with Gasteiger partial charge in [-0.15, -0.1) is 11.3 Å². The van der Waals surface area contributed by atoms with Crippen LogP contribution >= 0.6 is 11.3 Å². The maximum Gasteiger partial charge on any atom is 0.164 e. The molecule has 9 aromatic carbocycles. The Bertz CT molecular complexity index is 3900. The minimum Gasteiger partial charge on any atom is -0.456 e. The molecule has 6 heteroatoms. The van der Waals surface area contributed by atoms with Gasteiger partial charge in [-0.05, 0) is 70.8 Å². The summed E-state index contributed by atoms with van der Waals surface area (Å²) in [5.41, 5.74) is 12.2. The summed E-state index contributed by atoms with van der Waals surface area (Å²) in [6.07, 6.45) is 0. The second kappa shape index (κ2) is 14.2. The number of fused-ring (bicyclic) bond motifs is 10. The van der Waals surface area contributed by atoms with E-state index in [0.717, 1.165) is 72.1 Å². The molecule has 294 valence electrons. The third-order valence-corrected chi connectivity index (χ3v) is 13.4. The van der Waals surface area contributed by atoms with E-state index in [0.29, 0.717) is 17.5 Å². The van der Waals surface area contributed by atoms with Gasteiger partial charge in [-0.25, -0.2) is 15.0 Å². The van der Waals surface area contributed by atoms with E-state index in [1.54, 1.807) is 0 Å². The molecule has 5 nitrogen and oxygen atoms in total. The Kier molecular flexibility index (Phi) is 8.01. The number of nitrogens with zero attached hydrogens (tertiary/aromatic N) is 4. The van der Waals surface area contributed by atoms with Crippen LogP contribution in [0.15, 0.2) is 211 Å². The number of aromatic nitrogens is 4. The van der Waals surface area contributed by atoms with Gasteiger partial charge in [-0.1, -0.05) is 158 Å². The molecule has 0 aliphatic rings. The highest BCUT2D eigenvalue weighted by atomic mass is 32.1. The fourth-order valence-corrected chi connectivity index (χ4v) is 10.5. The van der Waals surface area contributed by atoms with E-state index in [1.807, 2.05) is 47.7 Å². The number of benzene rings is 9. The quantitative estimate of drug-likeness (QED) is 0.168. The van der Waals surface area contributed by atoms with Crippen molar-refractivity contribution < 1.29 is 4.42 Å². The van der Waals surface area contributed by atoms with Gasteiger partial charge in [0, 0.05) is 59.4 Å². The molecule has 0 saturated heterocycles. The van der Waals surface area contributed by atoms with Crippen LogP contribution in [-0.2, 0) is 0 Å². The zero-order valence-corrected chi connectivity index (χ0v) is 34.6. The van der Waals surface area contributed by atoms with Crippen LogP contribution in [0.4, 0.5) is 0 Å². The van der Waals surface area contributed by atoms with Gasteiger partial charge in [-0.3, -0.25) is 0 Å². The Morgan fingerprint density at radius 2 is 0.905 bits per heavy atom. The van der Waals surface area contributed by atoms with Crippen LogP contribution in [0.1, 0.15) is 0 Å². The van der Waals surface area contributed by atoms with Gasteiger partial charge in [-0.2, -0.15) is 0 Å². The van der Waals surface area contributed by atoms with E-state index < -0.39 is 0 Å². The fraction of sp³-hybridized carbons (Fsp3) is 0. The van der Waals surface area contributed by atoms with Crippen LogP contribution in [0.5, 0.6) is 0 Å². The summed E-state index contributed by atoms with van der Waals surface area (Å²) in [5, 5.41) is 7.12. The van der Waals surface area contributed by atoms with Crippen molar-refractivity contribution >= 4 is 75.3 Å². The molecule has 0 radical (unpaired) electrons. The molecular weight excluding hydrogens is 789 g/mol. The van der Waals surface area contributed by atoms with Gasteiger partial charge in [0.25, 0.3) is 0 Å². The predicted octanol–water partition coefficient (Wildman–Crippen LogP) is 15.6. The zero-order chi connectivity index (χ0) is 41.4. The molecule has 0 atom stereocenters. The lowest BCUT2D eigenvalue weighted by molar-refractivity contribution is 0.669. The Balaban J connectivity index is 1.08. The van der Waals surface area contributed by atoms with Crippen LogP contribution in [0, 0.1) is 0 Å². The summed E-state index contributed by atoms with van der Waals surface area (Å²) in [4.78, 5) is 15.7. The highest BCUT2D eigenvalue weighted by Crippen LogP contribution is 2.44. The molecule has 4 aromatic heterocycles. The Labute approximate surface area is 365 Å². The van der Waals surface area contributed by atoms with Gasteiger partial charge in [0.15, 0.2) is 17.5 Å². The standard InChI is InChI=1S/C57H34N4OS/c1-3-13-35(14-4-1)36-23-25-38(26-24-36)56-58-55(37-15-5-2-6-16-37)59-57(60-56)41-31-40(39-27-30-51-48(34-39)44-18-8-11-21-50(44)62-51)32-42(33-41)61-49-20-10-7-17-43(49)46-28-29-47-45-19-9-12-22-52(45)63-54(47)53(46)61/h1-34H. The van der Waals surface area contributed by atoms with Crippen LogP contribution in [-0.4, -0.2) is 19.5 Å². The maximum absolute atomic E-state index is 6.29. The molecule has 0 amide bonds. The summed E-state index contributed by atoms with van der Waals surface area (Å²) in [5.74, 6) is 1.82. The molecule has 0 aliphatic carbocycles. The first-order valence-corrected chi connectivity index (χ1v) is 21.9. The third-order valence-electron chi connectivity index (χ3n) is 12.2. The first-order chi connectivity index (χ1) is 31.2. The largest absolute Gasteiger partial charge is 0.456 e. The van der Waals surface area contributed by atoms with Crippen molar-refractivity contribution in [3.63, 3.8) is 0 Å². The summed E-state index contributed by atoms with van der Waals surface area (Å²) in [6.45, 7) is 0. The number of para-hydroxylation sites is 2. The normalized spacial score (nSPS) is 11.8. The van der Waals surface area contributed by atoms with Crippen LogP contribution in [0.3, 0.4) is 0 Å². The van der Waals surface area contributed by atoms with Gasteiger partial charge < -0.3 is 8.98 Å². The van der Waals surface area contributed by atoms with Crippen molar-refractivity contribution in [1.82, 2.24) is 19.5 Å². The van der Waals surface area contributed by atoms with Gasteiger partial charge in [0.05, 0.1) is 15.7 Å². The van der Waals surface area contributed by atoms with Gasteiger partial charge in [0.1, 0.15) is 11.2 Å². The molecule has 0 unspecified atom stereocenters. The Hall–Kier alpha value is -8.19. The van der Waals surface area contributed by atoms with Crippen molar-refractivity contribution in [3.05, 3.63) is 206 Å². The monoisotopic (exact) mass is 822 g/mol. The highest BCUT2D eigenvalue weighted by molar-refractivity contribution is 7.26. The van der Waals surface area contributed by atoms with Crippen molar-refractivity contribution in [3.8, 4) is 62.1 Å². The van der Waals surface area contributed by atoms with E-state index in [-0.39, 0.29) is 0 Å². The van der Waals surface area contributed by atoms with Crippen LogP contribution < -0.4 is 0 Å². The van der Waals surface area contributed by atoms with Crippen molar-refractivity contribution in [2.75, 3.05) is 0 Å². The molecule has 4 heterocycles. The predicted molar refractivity (Wildman–Crippen MR) is 262 cm³/mol. The number of furan rings is 1. The zero-order valence-electron chi connectivity index (χ0n) is 33.7.